The summed E-state index contributed by atoms with van der Waals surface area (Å²) in [4.78, 5) is 25.4. The van der Waals surface area contributed by atoms with E-state index in [1.54, 1.807) is 12.1 Å². The lowest BCUT2D eigenvalue weighted by molar-refractivity contribution is -0.385. The first-order valence-electron chi connectivity index (χ1n) is 7.27. The molecule has 112 valence electrons. The van der Waals surface area contributed by atoms with Gasteiger partial charge in [-0.3, -0.25) is 14.9 Å². The number of hydrogen-bond donors (Lipinski definition) is 1. The molecule has 2 heterocycles. The summed E-state index contributed by atoms with van der Waals surface area (Å²) < 4.78 is 0. The van der Waals surface area contributed by atoms with Crippen LogP contribution in [-0.4, -0.2) is 40.9 Å². The third-order valence-electron chi connectivity index (χ3n) is 4.59. The van der Waals surface area contributed by atoms with Crippen LogP contribution in [0.1, 0.15) is 29.3 Å². The molecule has 0 bridgehead atoms. The molecule has 2 fully saturated rings. The van der Waals surface area contributed by atoms with Gasteiger partial charge in [-0.1, -0.05) is 6.07 Å². The average Bonchev–Trinajstić information content (AvgIpc) is 2.97. The van der Waals surface area contributed by atoms with Crippen molar-refractivity contribution in [3.63, 3.8) is 0 Å². The van der Waals surface area contributed by atoms with Crippen LogP contribution in [0.15, 0.2) is 18.2 Å². The summed E-state index contributed by atoms with van der Waals surface area (Å²) in [6, 6.07) is 5.01. The van der Waals surface area contributed by atoms with Gasteiger partial charge < -0.3 is 10.2 Å². The number of aryl methyl sites for hydroxylation is 1. The van der Waals surface area contributed by atoms with Crippen LogP contribution in [0.4, 0.5) is 5.69 Å². The number of nitro benzene ring substituents is 1. The first-order chi connectivity index (χ1) is 9.99. The number of rotatable bonds is 2. The molecular weight excluding hydrogens is 270 g/mol. The highest BCUT2D eigenvalue weighted by Gasteiger charge is 2.45. The van der Waals surface area contributed by atoms with Gasteiger partial charge in [0.2, 0.25) is 0 Å². The molecule has 6 heteroatoms. The molecule has 1 N–H and O–H groups in total. The molecule has 0 radical (unpaired) electrons. The highest BCUT2D eigenvalue weighted by atomic mass is 16.6. The summed E-state index contributed by atoms with van der Waals surface area (Å²) in [5.41, 5.74) is 0.962. The number of fused-ring (bicyclic) bond motifs is 1. The number of benzene rings is 1. The van der Waals surface area contributed by atoms with Crippen LogP contribution in [0.3, 0.4) is 0 Å². The number of nitrogens with zero attached hydrogens (tertiary/aromatic N) is 2. The van der Waals surface area contributed by atoms with E-state index < -0.39 is 4.92 Å². The van der Waals surface area contributed by atoms with Crippen molar-refractivity contribution in [2.45, 2.75) is 32.4 Å². The van der Waals surface area contributed by atoms with Crippen LogP contribution in [0, 0.1) is 23.0 Å². The van der Waals surface area contributed by atoms with Gasteiger partial charge in [0.25, 0.3) is 11.6 Å². The van der Waals surface area contributed by atoms with Crippen molar-refractivity contribution in [1.82, 2.24) is 10.2 Å². The molecule has 1 aromatic rings. The second-order valence-electron chi connectivity index (χ2n) is 6.06. The largest absolute Gasteiger partial charge is 0.331 e. The highest BCUT2D eigenvalue weighted by Crippen LogP contribution is 2.34. The molecule has 2 aliphatic heterocycles. The number of carbonyl (C=O) groups is 1. The van der Waals surface area contributed by atoms with E-state index in [1.807, 2.05) is 18.7 Å². The molecule has 6 nitrogen and oxygen atoms in total. The molecule has 3 unspecified atom stereocenters. The third-order valence-corrected chi connectivity index (χ3v) is 4.59. The summed E-state index contributed by atoms with van der Waals surface area (Å²) in [7, 11) is 0. The van der Waals surface area contributed by atoms with E-state index in [9.17, 15) is 14.9 Å². The molecule has 3 rings (SSSR count). The SMILES string of the molecule is Cc1ccc([N+](=O)[O-])c(C(=O)N2C(C)CC3CNCC32)c1. The Kier molecular flexibility index (Phi) is 3.41. The zero-order valence-corrected chi connectivity index (χ0v) is 12.2. The van der Waals surface area contributed by atoms with Gasteiger partial charge in [0.15, 0.2) is 0 Å². The standard InChI is InChI=1S/C15H19N3O3/c1-9-3-4-13(18(20)21)12(5-9)15(19)17-10(2)6-11-7-16-8-14(11)17/h3-5,10-11,14,16H,6-8H2,1-2H3. The molecule has 1 amide bonds. The predicted octanol–water partition coefficient (Wildman–Crippen LogP) is 1.73. The van der Waals surface area contributed by atoms with E-state index in [4.69, 9.17) is 0 Å². The van der Waals surface area contributed by atoms with E-state index in [0.717, 1.165) is 25.1 Å². The fourth-order valence-corrected chi connectivity index (χ4v) is 3.63. The van der Waals surface area contributed by atoms with Crippen molar-refractivity contribution in [2.75, 3.05) is 13.1 Å². The van der Waals surface area contributed by atoms with Crippen LogP contribution in [0.5, 0.6) is 0 Å². The van der Waals surface area contributed by atoms with Gasteiger partial charge in [-0.2, -0.15) is 0 Å². The highest BCUT2D eigenvalue weighted by molar-refractivity contribution is 5.99. The minimum Gasteiger partial charge on any atom is -0.331 e. The fraction of sp³-hybridized carbons (Fsp3) is 0.533. The number of likely N-dealkylation sites (tertiary alicyclic amines) is 1. The number of amides is 1. The Bertz CT molecular complexity index is 602. The maximum atomic E-state index is 12.9. The Balaban J connectivity index is 1.98. The minimum absolute atomic E-state index is 0.104. The van der Waals surface area contributed by atoms with Crippen molar-refractivity contribution in [2.24, 2.45) is 5.92 Å². The average molecular weight is 289 g/mol. The molecule has 1 aromatic carbocycles. The lowest BCUT2D eigenvalue weighted by Gasteiger charge is -2.27. The predicted molar refractivity (Wildman–Crippen MR) is 78.2 cm³/mol. The Morgan fingerprint density at radius 3 is 2.90 bits per heavy atom. The van der Waals surface area contributed by atoms with Gasteiger partial charge in [0.1, 0.15) is 5.56 Å². The Morgan fingerprint density at radius 1 is 1.43 bits per heavy atom. The minimum atomic E-state index is -0.474. The normalized spacial score (nSPS) is 27.7. The summed E-state index contributed by atoms with van der Waals surface area (Å²) >= 11 is 0. The molecule has 0 spiro atoms. The Labute approximate surface area is 123 Å². The Morgan fingerprint density at radius 2 is 2.19 bits per heavy atom. The van der Waals surface area contributed by atoms with Crippen LogP contribution in [0.2, 0.25) is 0 Å². The maximum absolute atomic E-state index is 12.9. The number of nitrogens with one attached hydrogen (secondary N) is 1. The number of hydrogen-bond acceptors (Lipinski definition) is 4. The first-order valence-corrected chi connectivity index (χ1v) is 7.27. The quantitative estimate of drug-likeness (QED) is 0.664. The van der Waals surface area contributed by atoms with Crippen LogP contribution < -0.4 is 5.32 Å². The van der Waals surface area contributed by atoms with Gasteiger partial charge in [-0.05, 0) is 37.8 Å². The molecule has 21 heavy (non-hydrogen) atoms. The molecule has 3 atom stereocenters. The van der Waals surface area contributed by atoms with Gasteiger partial charge in [-0.15, -0.1) is 0 Å². The molecular formula is C15H19N3O3. The van der Waals surface area contributed by atoms with Gasteiger partial charge in [0, 0.05) is 31.2 Å². The van der Waals surface area contributed by atoms with E-state index in [-0.39, 0.29) is 29.2 Å². The van der Waals surface area contributed by atoms with Crippen LogP contribution in [0.25, 0.3) is 0 Å². The summed E-state index contributed by atoms with van der Waals surface area (Å²) in [5.74, 6) is 0.252. The van der Waals surface area contributed by atoms with Crippen molar-refractivity contribution in [3.05, 3.63) is 39.4 Å². The zero-order chi connectivity index (χ0) is 15.1. The lowest BCUT2D eigenvalue weighted by Crippen LogP contribution is -2.43. The maximum Gasteiger partial charge on any atom is 0.282 e. The lowest BCUT2D eigenvalue weighted by atomic mass is 10.0. The second-order valence-corrected chi connectivity index (χ2v) is 6.06. The molecule has 0 aromatic heterocycles. The van der Waals surface area contributed by atoms with Crippen molar-refractivity contribution in [1.29, 1.82) is 0 Å². The second kappa shape index (κ2) is 5.11. The molecule has 2 saturated heterocycles. The van der Waals surface area contributed by atoms with Gasteiger partial charge >= 0.3 is 0 Å². The van der Waals surface area contributed by atoms with Crippen molar-refractivity contribution >= 4 is 11.6 Å². The summed E-state index contributed by atoms with van der Waals surface area (Å²) in [6.45, 7) is 5.57. The van der Waals surface area contributed by atoms with Gasteiger partial charge in [0.05, 0.1) is 4.92 Å². The number of carbonyl (C=O) groups excluding carboxylic acids is 1. The van der Waals surface area contributed by atoms with Crippen LogP contribution in [-0.2, 0) is 0 Å². The van der Waals surface area contributed by atoms with E-state index >= 15 is 0 Å². The van der Waals surface area contributed by atoms with Crippen molar-refractivity contribution < 1.29 is 9.72 Å². The van der Waals surface area contributed by atoms with Crippen LogP contribution >= 0.6 is 0 Å². The Hall–Kier alpha value is -1.95. The van der Waals surface area contributed by atoms with Crippen molar-refractivity contribution in [3.8, 4) is 0 Å². The smallest absolute Gasteiger partial charge is 0.282 e. The topological polar surface area (TPSA) is 75.5 Å². The monoisotopic (exact) mass is 289 g/mol. The first kappa shape index (κ1) is 14.0. The molecule has 0 saturated carbocycles. The van der Waals surface area contributed by atoms with E-state index in [0.29, 0.717) is 5.92 Å². The zero-order valence-electron chi connectivity index (χ0n) is 12.2. The molecule has 2 aliphatic rings. The fourth-order valence-electron chi connectivity index (χ4n) is 3.63. The van der Waals surface area contributed by atoms with E-state index in [1.165, 1.54) is 6.07 Å². The summed E-state index contributed by atoms with van der Waals surface area (Å²) in [6.07, 6.45) is 0.961. The third kappa shape index (κ3) is 2.29. The molecule has 0 aliphatic carbocycles. The summed E-state index contributed by atoms with van der Waals surface area (Å²) in [5, 5.41) is 14.5. The van der Waals surface area contributed by atoms with Gasteiger partial charge in [-0.25, -0.2) is 0 Å². The van der Waals surface area contributed by atoms with E-state index in [2.05, 4.69) is 5.32 Å². The number of nitro groups is 1.